The SMILES string of the molecule is O=C(F)C(F)=C(F)C(F)(F)C(F)(F)C(F)(F)F. The second-order valence-electron chi connectivity index (χ2n) is 2.55. The van der Waals surface area contributed by atoms with Crippen molar-refractivity contribution in [3.63, 3.8) is 0 Å². The average molecular weight is 278 g/mol. The number of hydrogen-bond donors (Lipinski definition) is 0. The smallest absolute Gasteiger partial charge is 0.253 e. The second kappa shape index (κ2) is 4.18. The largest absolute Gasteiger partial charge is 0.460 e. The molecule has 0 spiro atoms. The predicted molar refractivity (Wildman–Crippen MR) is 31.3 cm³/mol. The van der Waals surface area contributed by atoms with E-state index in [-0.39, 0.29) is 0 Å². The Labute approximate surface area is 85.7 Å². The summed E-state index contributed by atoms with van der Waals surface area (Å²) in [5.74, 6) is -21.5. The van der Waals surface area contributed by atoms with Crippen LogP contribution < -0.4 is 0 Å². The van der Waals surface area contributed by atoms with Crippen LogP contribution in [0.1, 0.15) is 0 Å². The van der Waals surface area contributed by atoms with Gasteiger partial charge in [-0.25, -0.2) is 4.39 Å². The van der Waals surface area contributed by atoms with Crippen molar-refractivity contribution in [1.82, 2.24) is 0 Å². The lowest BCUT2D eigenvalue weighted by molar-refractivity contribution is -0.348. The molecular weight excluding hydrogens is 278 g/mol. The molecule has 11 heteroatoms. The van der Waals surface area contributed by atoms with Crippen molar-refractivity contribution in [3.8, 4) is 0 Å². The highest BCUT2D eigenvalue weighted by atomic mass is 19.4. The molecule has 0 bridgehead atoms. The molecule has 0 aromatic carbocycles. The van der Waals surface area contributed by atoms with E-state index in [1.165, 1.54) is 0 Å². The molecule has 0 aliphatic carbocycles. The van der Waals surface area contributed by atoms with Crippen LogP contribution in [0.4, 0.5) is 43.9 Å². The van der Waals surface area contributed by atoms with Crippen molar-refractivity contribution in [3.05, 3.63) is 11.7 Å². The number of rotatable bonds is 3. The summed E-state index contributed by atoms with van der Waals surface area (Å²) in [4.78, 5) is 9.41. The minimum atomic E-state index is -7.00. The average Bonchev–Trinajstić information content (AvgIpc) is 2.13. The molecule has 0 atom stereocenters. The van der Waals surface area contributed by atoms with Crippen LogP contribution in [-0.2, 0) is 4.79 Å². The zero-order chi connectivity index (χ0) is 14.2. The van der Waals surface area contributed by atoms with Gasteiger partial charge in [0.05, 0.1) is 0 Å². The van der Waals surface area contributed by atoms with E-state index in [0.29, 0.717) is 0 Å². The third kappa shape index (κ3) is 2.52. The first-order valence-corrected chi connectivity index (χ1v) is 3.34. The van der Waals surface area contributed by atoms with Crippen molar-refractivity contribution in [1.29, 1.82) is 0 Å². The van der Waals surface area contributed by atoms with Crippen LogP contribution in [0.25, 0.3) is 0 Å². The van der Waals surface area contributed by atoms with Gasteiger partial charge in [0.15, 0.2) is 0 Å². The van der Waals surface area contributed by atoms with Gasteiger partial charge in [0.2, 0.25) is 11.7 Å². The molecule has 17 heavy (non-hydrogen) atoms. The van der Waals surface area contributed by atoms with Crippen LogP contribution in [0.2, 0.25) is 0 Å². The zero-order valence-corrected chi connectivity index (χ0v) is 7.19. The van der Waals surface area contributed by atoms with Gasteiger partial charge in [-0.2, -0.15) is 39.5 Å². The summed E-state index contributed by atoms with van der Waals surface area (Å²) in [5.41, 5.74) is 0. The lowest BCUT2D eigenvalue weighted by Gasteiger charge is -2.26. The first kappa shape index (κ1) is 15.7. The molecule has 0 aliphatic heterocycles. The molecule has 0 amide bonds. The Hall–Kier alpha value is -1.29. The van der Waals surface area contributed by atoms with Crippen LogP contribution in [0.3, 0.4) is 0 Å². The van der Waals surface area contributed by atoms with Crippen molar-refractivity contribution in [2.75, 3.05) is 0 Å². The minimum Gasteiger partial charge on any atom is -0.253 e. The molecule has 100 valence electrons. The van der Waals surface area contributed by atoms with E-state index in [1.807, 2.05) is 0 Å². The quantitative estimate of drug-likeness (QED) is 0.439. The Bertz CT molecular complexity index is 350. The highest BCUT2D eigenvalue weighted by molar-refractivity contribution is 5.85. The molecule has 0 heterocycles. The van der Waals surface area contributed by atoms with E-state index in [1.54, 1.807) is 0 Å². The summed E-state index contributed by atoms with van der Waals surface area (Å²) in [6, 6.07) is -3.54. The van der Waals surface area contributed by atoms with E-state index in [2.05, 4.69) is 0 Å². The number of carbonyl (C=O) groups is 1. The summed E-state index contributed by atoms with van der Waals surface area (Å²) in [6.45, 7) is 0. The van der Waals surface area contributed by atoms with E-state index in [9.17, 15) is 48.7 Å². The number of alkyl halides is 7. The molecule has 0 saturated carbocycles. The normalized spacial score (nSPS) is 15.6. The van der Waals surface area contributed by atoms with E-state index >= 15 is 0 Å². The third-order valence-corrected chi connectivity index (χ3v) is 1.39. The number of hydrogen-bond acceptors (Lipinski definition) is 1. The first-order chi connectivity index (χ1) is 7.26. The molecule has 0 saturated heterocycles. The second-order valence-corrected chi connectivity index (χ2v) is 2.55. The van der Waals surface area contributed by atoms with Gasteiger partial charge in [-0.05, 0) is 0 Å². The van der Waals surface area contributed by atoms with Gasteiger partial charge in [0.1, 0.15) is 0 Å². The third-order valence-electron chi connectivity index (χ3n) is 1.39. The van der Waals surface area contributed by atoms with Crippen LogP contribution in [0.5, 0.6) is 0 Å². The zero-order valence-electron chi connectivity index (χ0n) is 7.19. The fourth-order valence-electron chi connectivity index (χ4n) is 0.540. The molecule has 0 fully saturated rings. The Balaban J connectivity index is 5.74. The number of allylic oxidation sites excluding steroid dienone is 2. The molecule has 0 aliphatic rings. The Morgan fingerprint density at radius 2 is 1.12 bits per heavy atom. The predicted octanol–water partition coefficient (Wildman–Crippen LogP) is 3.47. The van der Waals surface area contributed by atoms with Crippen LogP contribution in [-0.4, -0.2) is 24.1 Å². The fourth-order valence-corrected chi connectivity index (χ4v) is 0.540. The Morgan fingerprint density at radius 3 is 1.35 bits per heavy atom. The van der Waals surface area contributed by atoms with Crippen LogP contribution in [0, 0.1) is 0 Å². The highest BCUT2D eigenvalue weighted by Gasteiger charge is 2.75. The molecular formula is C6F10O. The Morgan fingerprint density at radius 1 is 0.765 bits per heavy atom. The van der Waals surface area contributed by atoms with Crippen molar-refractivity contribution in [2.45, 2.75) is 18.0 Å². The molecule has 0 rings (SSSR count). The summed E-state index contributed by atoms with van der Waals surface area (Å²) in [6.07, 6.45) is -6.92. The Kier molecular flexibility index (Phi) is 3.87. The maximum atomic E-state index is 12.2. The van der Waals surface area contributed by atoms with Gasteiger partial charge >= 0.3 is 24.1 Å². The maximum Gasteiger partial charge on any atom is 0.460 e. The molecule has 0 aromatic rings. The van der Waals surface area contributed by atoms with Gasteiger partial charge in [-0.15, -0.1) is 0 Å². The maximum absolute atomic E-state index is 12.2. The van der Waals surface area contributed by atoms with Gasteiger partial charge in [0.25, 0.3) is 0 Å². The van der Waals surface area contributed by atoms with Crippen LogP contribution in [0.15, 0.2) is 11.7 Å². The van der Waals surface area contributed by atoms with E-state index in [0.717, 1.165) is 0 Å². The standard InChI is InChI=1S/C6F10O/c7-1(3(9)17)2(8)4(10,11)5(12,13)6(14,15)16. The summed E-state index contributed by atoms with van der Waals surface area (Å²) in [5, 5.41) is 0. The first-order valence-electron chi connectivity index (χ1n) is 3.34. The summed E-state index contributed by atoms with van der Waals surface area (Å²) < 4.78 is 118. The fraction of sp³-hybridized carbons (Fsp3) is 0.500. The lowest BCUT2D eigenvalue weighted by Crippen LogP contribution is -2.52. The highest BCUT2D eigenvalue weighted by Crippen LogP contribution is 2.50. The summed E-state index contributed by atoms with van der Waals surface area (Å²) >= 11 is 0. The topological polar surface area (TPSA) is 17.1 Å². The van der Waals surface area contributed by atoms with Gasteiger partial charge in [-0.1, -0.05) is 0 Å². The molecule has 0 unspecified atom stereocenters. The number of carbonyl (C=O) groups excluding carboxylic acids is 1. The van der Waals surface area contributed by atoms with Crippen molar-refractivity contribution >= 4 is 6.04 Å². The number of halogens is 10. The van der Waals surface area contributed by atoms with Crippen molar-refractivity contribution < 1.29 is 48.7 Å². The molecule has 0 radical (unpaired) electrons. The van der Waals surface area contributed by atoms with Crippen molar-refractivity contribution in [2.24, 2.45) is 0 Å². The molecule has 0 aromatic heterocycles. The summed E-state index contributed by atoms with van der Waals surface area (Å²) in [7, 11) is 0. The van der Waals surface area contributed by atoms with Gasteiger partial charge in [0, 0.05) is 0 Å². The van der Waals surface area contributed by atoms with Gasteiger partial charge < -0.3 is 0 Å². The van der Waals surface area contributed by atoms with Gasteiger partial charge in [-0.3, -0.25) is 4.79 Å². The molecule has 0 N–H and O–H groups in total. The monoisotopic (exact) mass is 278 g/mol. The van der Waals surface area contributed by atoms with E-state index < -0.39 is 35.7 Å². The van der Waals surface area contributed by atoms with Crippen LogP contribution >= 0.6 is 0 Å². The lowest BCUT2D eigenvalue weighted by atomic mass is 10.1. The minimum absolute atomic E-state index is 3.54. The molecule has 1 nitrogen and oxygen atoms in total. The van der Waals surface area contributed by atoms with E-state index in [4.69, 9.17) is 0 Å².